The molecule has 1 amide bonds. The Hall–Kier alpha value is -1.41. The number of rotatable bonds is 5. The highest BCUT2D eigenvalue weighted by Gasteiger charge is 2.39. The molecule has 0 radical (unpaired) electrons. The van der Waals surface area contributed by atoms with Gasteiger partial charge in [0.25, 0.3) is 0 Å². The van der Waals surface area contributed by atoms with Crippen LogP contribution in [-0.4, -0.2) is 45.5 Å². The van der Waals surface area contributed by atoms with Crippen LogP contribution >= 0.6 is 0 Å². The molecule has 1 N–H and O–H groups in total. The molecule has 0 saturated carbocycles. The average Bonchev–Trinajstić information content (AvgIpc) is 2.71. The molecule has 1 fully saturated rings. The maximum absolute atomic E-state index is 12.2. The topological polar surface area (TPSA) is 97.4 Å². The van der Waals surface area contributed by atoms with Crippen molar-refractivity contribution in [1.82, 2.24) is 5.32 Å². The summed E-state index contributed by atoms with van der Waals surface area (Å²) in [5, 5.41) is 2.66. The molecule has 2 rings (SSSR count). The highest BCUT2D eigenvalue weighted by molar-refractivity contribution is 7.91. The summed E-state index contributed by atoms with van der Waals surface area (Å²) in [5.74, 6) is -0.799. The lowest BCUT2D eigenvalue weighted by Crippen LogP contribution is -2.47. The van der Waals surface area contributed by atoms with E-state index >= 15 is 0 Å². The van der Waals surface area contributed by atoms with Gasteiger partial charge in [-0.25, -0.2) is 16.8 Å². The average molecular weight is 359 g/mol. The van der Waals surface area contributed by atoms with E-state index in [1.807, 2.05) is 6.92 Å². The number of aryl methyl sites for hydroxylation is 1. The van der Waals surface area contributed by atoms with E-state index in [1.165, 1.54) is 12.1 Å². The fraction of sp³-hybridized carbons (Fsp3) is 0.533. The molecule has 1 aromatic carbocycles. The van der Waals surface area contributed by atoms with Gasteiger partial charge in [0.15, 0.2) is 19.7 Å². The Morgan fingerprint density at radius 1 is 1.26 bits per heavy atom. The first-order chi connectivity index (χ1) is 10.5. The Kier molecular flexibility index (Phi) is 4.86. The quantitative estimate of drug-likeness (QED) is 0.841. The standard InChI is InChI=1S/C15H21NO5S2/c1-12-3-5-13(6-4-12)23(20,21)9-7-14(17)16-15(2)8-10-22(18,19)11-15/h3-6H,7-11H2,1-2H3,(H,16,17)/t15-/m0/s1. The van der Waals surface area contributed by atoms with Crippen LogP contribution in [0.2, 0.25) is 0 Å². The first-order valence-corrected chi connectivity index (χ1v) is 10.8. The van der Waals surface area contributed by atoms with Crippen LogP contribution in [0.1, 0.15) is 25.3 Å². The van der Waals surface area contributed by atoms with Crippen LogP contribution in [-0.2, 0) is 24.5 Å². The summed E-state index contributed by atoms with van der Waals surface area (Å²) in [6, 6.07) is 6.45. The predicted octanol–water partition coefficient (Wildman–Crippen LogP) is 0.852. The fourth-order valence-corrected chi connectivity index (χ4v) is 5.93. The van der Waals surface area contributed by atoms with E-state index in [4.69, 9.17) is 0 Å². The molecule has 1 aliphatic heterocycles. The summed E-state index contributed by atoms with van der Waals surface area (Å²) < 4.78 is 47.4. The molecule has 0 aliphatic carbocycles. The lowest BCUT2D eigenvalue weighted by Gasteiger charge is -2.23. The molecule has 8 heteroatoms. The summed E-state index contributed by atoms with van der Waals surface area (Å²) in [6.07, 6.45) is 0.164. The number of sulfone groups is 2. The van der Waals surface area contributed by atoms with Crippen LogP contribution < -0.4 is 5.32 Å². The molecule has 1 aromatic rings. The van der Waals surface area contributed by atoms with Crippen LogP contribution in [0.25, 0.3) is 0 Å². The monoisotopic (exact) mass is 359 g/mol. The Morgan fingerprint density at radius 3 is 2.39 bits per heavy atom. The maximum atomic E-state index is 12.2. The van der Waals surface area contributed by atoms with E-state index in [2.05, 4.69) is 5.32 Å². The summed E-state index contributed by atoms with van der Waals surface area (Å²) in [5.41, 5.74) is 0.154. The number of hydrogen-bond acceptors (Lipinski definition) is 5. The van der Waals surface area contributed by atoms with Gasteiger partial charge in [-0.15, -0.1) is 0 Å². The summed E-state index contributed by atoms with van der Waals surface area (Å²) in [7, 11) is -6.65. The Bertz CT molecular complexity index is 797. The van der Waals surface area contributed by atoms with E-state index < -0.39 is 31.1 Å². The van der Waals surface area contributed by atoms with E-state index in [-0.39, 0.29) is 28.6 Å². The van der Waals surface area contributed by atoms with Gasteiger partial charge in [0.2, 0.25) is 5.91 Å². The Balaban J connectivity index is 1.95. The van der Waals surface area contributed by atoms with Crippen molar-refractivity contribution in [2.45, 2.75) is 37.1 Å². The number of carbonyl (C=O) groups is 1. The van der Waals surface area contributed by atoms with Crippen LogP contribution in [0.15, 0.2) is 29.2 Å². The number of benzene rings is 1. The molecular formula is C15H21NO5S2. The molecule has 128 valence electrons. The number of hydrogen-bond donors (Lipinski definition) is 1. The van der Waals surface area contributed by atoms with Crippen molar-refractivity contribution < 1.29 is 21.6 Å². The van der Waals surface area contributed by atoms with Gasteiger partial charge in [-0.3, -0.25) is 4.79 Å². The predicted molar refractivity (Wildman–Crippen MR) is 87.7 cm³/mol. The van der Waals surface area contributed by atoms with Gasteiger partial charge >= 0.3 is 0 Å². The second kappa shape index (κ2) is 6.24. The Morgan fingerprint density at radius 2 is 1.87 bits per heavy atom. The maximum Gasteiger partial charge on any atom is 0.221 e. The van der Waals surface area contributed by atoms with Gasteiger partial charge in [-0.1, -0.05) is 17.7 Å². The highest BCUT2D eigenvalue weighted by Crippen LogP contribution is 2.23. The van der Waals surface area contributed by atoms with Gasteiger partial charge in [0, 0.05) is 6.42 Å². The molecule has 6 nitrogen and oxygen atoms in total. The minimum atomic E-state index is -3.53. The molecule has 1 aliphatic rings. The molecule has 23 heavy (non-hydrogen) atoms. The van der Waals surface area contributed by atoms with E-state index in [9.17, 15) is 21.6 Å². The van der Waals surface area contributed by atoms with Crippen LogP contribution in [0.5, 0.6) is 0 Å². The molecule has 0 bridgehead atoms. The molecule has 0 spiro atoms. The van der Waals surface area contributed by atoms with Gasteiger partial charge < -0.3 is 5.32 Å². The van der Waals surface area contributed by atoms with Crippen molar-refractivity contribution >= 4 is 25.6 Å². The molecule has 0 unspecified atom stereocenters. The van der Waals surface area contributed by atoms with Crippen molar-refractivity contribution in [2.24, 2.45) is 0 Å². The molecule has 1 saturated heterocycles. The second-order valence-electron chi connectivity index (χ2n) is 6.33. The highest BCUT2D eigenvalue weighted by atomic mass is 32.2. The van der Waals surface area contributed by atoms with E-state index in [1.54, 1.807) is 19.1 Å². The van der Waals surface area contributed by atoms with Crippen molar-refractivity contribution in [2.75, 3.05) is 17.3 Å². The summed E-state index contributed by atoms with van der Waals surface area (Å²) in [4.78, 5) is 12.2. The van der Waals surface area contributed by atoms with Crippen molar-refractivity contribution in [3.05, 3.63) is 29.8 Å². The van der Waals surface area contributed by atoms with Gasteiger partial charge in [0.1, 0.15) is 0 Å². The number of carbonyl (C=O) groups excluding carboxylic acids is 1. The largest absolute Gasteiger partial charge is 0.350 e. The minimum Gasteiger partial charge on any atom is -0.350 e. The molecule has 1 atom stereocenters. The number of amides is 1. The lowest BCUT2D eigenvalue weighted by atomic mass is 10.0. The summed E-state index contributed by atoms with van der Waals surface area (Å²) >= 11 is 0. The Labute approximate surface area is 137 Å². The van der Waals surface area contributed by atoms with E-state index in [0.717, 1.165) is 5.56 Å². The first kappa shape index (κ1) is 17.9. The van der Waals surface area contributed by atoms with E-state index in [0.29, 0.717) is 6.42 Å². The first-order valence-electron chi connectivity index (χ1n) is 7.32. The van der Waals surface area contributed by atoms with Crippen LogP contribution in [0, 0.1) is 6.92 Å². The smallest absolute Gasteiger partial charge is 0.221 e. The van der Waals surface area contributed by atoms with Crippen molar-refractivity contribution in [1.29, 1.82) is 0 Å². The third-order valence-electron chi connectivity index (χ3n) is 3.92. The zero-order valence-electron chi connectivity index (χ0n) is 13.2. The second-order valence-corrected chi connectivity index (χ2v) is 10.6. The summed E-state index contributed by atoms with van der Waals surface area (Å²) in [6.45, 7) is 3.53. The van der Waals surface area contributed by atoms with Crippen molar-refractivity contribution in [3.8, 4) is 0 Å². The number of nitrogens with one attached hydrogen (secondary N) is 1. The SMILES string of the molecule is Cc1ccc(S(=O)(=O)CCC(=O)N[C@@]2(C)CCS(=O)(=O)C2)cc1. The van der Waals surface area contributed by atoms with Gasteiger partial charge in [-0.2, -0.15) is 0 Å². The zero-order chi connectivity index (χ0) is 17.3. The van der Waals surface area contributed by atoms with Crippen LogP contribution in [0.3, 0.4) is 0 Å². The third kappa shape index (κ3) is 4.78. The van der Waals surface area contributed by atoms with Gasteiger partial charge in [-0.05, 0) is 32.4 Å². The fourth-order valence-electron chi connectivity index (χ4n) is 2.60. The molecular weight excluding hydrogens is 338 g/mol. The van der Waals surface area contributed by atoms with Crippen molar-refractivity contribution in [3.63, 3.8) is 0 Å². The third-order valence-corrected chi connectivity index (χ3v) is 7.56. The molecule has 1 heterocycles. The normalized spacial score (nSPS) is 23.6. The zero-order valence-corrected chi connectivity index (χ0v) is 14.8. The molecule has 0 aromatic heterocycles. The minimum absolute atomic E-state index is 0.0471. The van der Waals surface area contributed by atoms with Crippen LogP contribution in [0.4, 0.5) is 0 Å². The van der Waals surface area contributed by atoms with Gasteiger partial charge in [0.05, 0.1) is 27.7 Å². The lowest BCUT2D eigenvalue weighted by molar-refractivity contribution is -0.122.